The van der Waals surface area contributed by atoms with E-state index in [1.54, 1.807) is 24.3 Å². The minimum Gasteiger partial charge on any atom is -0.505 e. The summed E-state index contributed by atoms with van der Waals surface area (Å²) in [6.07, 6.45) is 0. The number of hydrogen-bond donors (Lipinski definition) is 3. The number of nitrogens with one attached hydrogen (secondary N) is 2. The van der Waals surface area contributed by atoms with Gasteiger partial charge < -0.3 is 25.2 Å². The van der Waals surface area contributed by atoms with Crippen LogP contribution < -0.4 is 20.1 Å². The van der Waals surface area contributed by atoms with Gasteiger partial charge in [-0.05, 0) is 49.7 Å². The molecule has 3 aromatic carbocycles. The Bertz CT molecular complexity index is 1110. The maximum atomic E-state index is 12.3. The van der Waals surface area contributed by atoms with Crippen LogP contribution in [0.5, 0.6) is 17.2 Å². The highest BCUT2D eigenvalue weighted by molar-refractivity contribution is 6.37. The van der Waals surface area contributed by atoms with Crippen LogP contribution in [-0.4, -0.2) is 24.2 Å². The number of aromatic hydroxyl groups is 1. The van der Waals surface area contributed by atoms with E-state index < -0.39 is 0 Å². The fourth-order valence-corrected chi connectivity index (χ4v) is 3.64. The minimum atomic E-state index is -0.302. The molecule has 0 radical (unpaired) electrons. The summed E-state index contributed by atoms with van der Waals surface area (Å²) in [6.45, 7) is 4.36. The third-order valence-corrected chi connectivity index (χ3v) is 5.53. The van der Waals surface area contributed by atoms with Crippen molar-refractivity contribution in [2.75, 3.05) is 23.8 Å². The number of ether oxygens (including phenoxy) is 2. The van der Waals surface area contributed by atoms with Crippen molar-refractivity contribution >= 4 is 52.1 Å². The Labute approximate surface area is 207 Å². The number of phenols is 1. The molecule has 6 nitrogen and oxygen atoms in total. The summed E-state index contributed by atoms with van der Waals surface area (Å²) >= 11 is 18.4. The predicted octanol–water partition coefficient (Wildman–Crippen LogP) is 6.69. The van der Waals surface area contributed by atoms with E-state index in [-0.39, 0.29) is 28.3 Å². The van der Waals surface area contributed by atoms with Crippen molar-refractivity contribution in [3.8, 4) is 17.2 Å². The van der Waals surface area contributed by atoms with E-state index in [0.29, 0.717) is 41.0 Å². The lowest BCUT2D eigenvalue weighted by Crippen LogP contribution is -2.20. The maximum Gasteiger partial charge on any atom is 0.262 e. The highest BCUT2D eigenvalue weighted by atomic mass is 35.5. The first-order valence-electron chi connectivity index (χ1n) is 10.1. The SMILES string of the molecule is CCOc1cc(CNc2cc(Cl)c(O)c(Cl)c2)c(Cl)cc1OCC(=O)Nc1ccc(C)cc1. The van der Waals surface area contributed by atoms with Crippen LogP contribution in [0.25, 0.3) is 0 Å². The number of phenolic OH excluding ortho intramolecular Hbond substituents is 1. The van der Waals surface area contributed by atoms with Crippen LogP contribution in [0, 0.1) is 6.92 Å². The number of amides is 1. The van der Waals surface area contributed by atoms with E-state index in [4.69, 9.17) is 44.3 Å². The summed E-state index contributed by atoms with van der Waals surface area (Å²) in [5.74, 6) is 0.349. The topological polar surface area (TPSA) is 79.8 Å². The molecule has 0 spiro atoms. The summed E-state index contributed by atoms with van der Waals surface area (Å²) in [5.41, 5.74) is 3.14. The van der Waals surface area contributed by atoms with Crippen molar-refractivity contribution in [1.29, 1.82) is 0 Å². The summed E-state index contributed by atoms with van der Waals surface area (Å²) in [7, 11) is 0. The Morgan fingerprint density at radius 3 is 2.18 bits per heavy atom. The van der Waals surface area contributed by atoms with E-state index in [9.17, 15) is 9.90 Å². The molecule has 0 aliphatic rings. The summed E-state index contributed by atoms with van der Waals surface area (Å²) < 4.78 is 11.4. The molecule has 9 heteroatoms. The number of anilines is 2. The Kier molecular flexibility index (Phi) is 8.55. The molecular formula is C24H23Cl3N2O4. The van der Waals surface area contributed by atoms with Gasteiger partial charge in [0.2, 0.25) is 0 Å². The van der Waals surface area contributed by atoms with Gasteiger partial charge in [-0.15, -0.1) is 0 Å². The highest BCUT2D eigenvalue weighted by Gasteiger charge is 2.14. The highest BCUT2D eigenvalue weighted by Crippen LogP contribution is 2.36. The molecule has 0 aliphatic carbocycles. The summed E-state index contributed by atoms with van der Waals surface area (Å²) in [5, 5.41) is 16.3. The molecule has 1 amide bonds. The van der Waals surface area contributed by atoms with Crippen LogP contribution >= 0.6 is 34.8 Å². The standard InChI is InChI=1S/C24H23Cl3N2O4/c1-3-32-21-8-15(12-28-17-9-19(26)24(31)20(27)10-17)18(25)11-22(21)33-13-23(30)29-16-6-4-14(2)5-7-16/h4-11,28,31H,3,12-13H2,1-2H3,(H,29,30). The number of carbonyl (C=O) groups is 1. The first kappa shape index (κ1) is 24.8. The van der Waals surface area contributed by atoms with Crippen molar-refractivity contribution in [2.45, 2.75) is 20.4 Å². The molecule has 3 rings (SSSR count). The van der Waals surface area contributed by atoms with Gasteiger partial charge in [0.15, 0.2) is 23.9 Å². The average Bonchev–Trinajstić information content (AvgIpc) is 2.78. The quantitative estimate of drug-likeness (QED) is 0.280. The number of benzene rings is 3. The Hall–Kier alpha value is -2.80. The fraction of sp³-hybridized carbons (Fsp3) is 0.208. The third-order valence-electron chi connectivity index (χ3n) is 4.61. The molecule has 33 heavy (non-hydrogen) atoms. The first-order valence-corrected chi connectivity index (χ1v) is 11.3. The van der Waals surface area contributed by atoms with Gasteiger partial charge in [-0.2, -0.15) is 0 Å². The van der Waals surface area contributed by atoms with Crippen LogP contribution in [0.15, 0.2) is 48.5 Å². The molecule has 174 valence electrons. The van der Waals surface area contributed by atoms with Crippen LogP contribution in [-0.2, 0) is 11.3 Å². The summed E-state index contributed by atoms with van der Waals surface area (Å²) in [6, 6.07) is 14.0. The molecule has 0 saturated heterocycles. The second-order valence-electron chi connectivity index (χ2n) is 7.17. The second-order valence-corrected chi connectivity index (χ2v) is 8.39. The number of aryl methyl sites for hydroxylation is 1. The van der Waals surface area contributed by atoms with Crippen molar-refractivity contribution in [3.05, 3.63) is 74.7 Å². The molecule has 0 aliphatic heterocycles. The zero-order valence-electron chi connectivity index (χ0n) is 18.0. The monoisotopic (exact) mass is 508 g/mol. The number of halogens is 3. The zero-order chi connectivity index (χ0) is 24.0. The molecule has 0 atom stereocenters. The van der Waals surface area contributed by atoms with Gasteiger partial charge in [0, 0.05) is 29.0 Å². The minimum absolute atomic E-state index is 0.138. The largest absolute Gasteiger partial charge is 0.505 e. The van der Waals surface area contributed by atoms with E-state index in [0.717, 1.165) is 11.1 Å². The Morgan fingerprint density at radius 1 is 0.909 bits per heavy atom. The van der Waals surface area contributed by atoms with E-state index in [1.807, 2.05) is 38.1 Å². The van der Waals surface area contributed by atoms with Gasteiger partial charge >= 0.3 is 0 Å². The second kappa shape index (κ2) is 11.4. The Morgan fingerprint density at radius 2 is 1.55 bits per heavy atom. The van der Waals surface area contributed by atoms with E-state index >= 15 is 0 Å². The Balaban J connectivity index is 1.68. The average molecular weight is 510 g/mol. The van der Waals surface area contributed by atoms with Crippen molar-refractivity contribution in [2.24, 2.45) is 0 Å². The van der Waals surface area contributed by atoms with Crippen molar-refractivity contribution < 1.29 is 19.4 Å². The smallest absolute Gasteiger partial charge is 0.262 e. The zero-order valence-corrected chi connectivity index (χ0v) is 20.3. The van der Waals surface area contributed by atoms with Crippen LogP contribution in [0.4, 0.5) is 11.4 Å². The molecule has 0 saturated carbocycles. The summed E-state index contributed by atoms with van der Waals surface area (Å²) in [4.78, 5) is 12.3. The number of rotatable bonds is 9. The molecule has 0 unspecified atom stereocenters. The first-order chi connectivity index (χ1) is 15.8. The van der Waals surface area contributed by atoms with E-state index in [2.05, 4.69) is 10.6 Å². The molecule has 0 heterocycles. The fourth-order valence-electron chi connectivity index (χ4n) is 2.94. The van der Waals surface area contributed by atoms with Crippen molar-refractivity contribution in [3.63, 3.8) is 0 Å². The molecule has 0 aromatic heterocycles. The molecule has 0 fully saturated rings. The molecule has 3 aromatic rings. The maximum absolute atomic E-state index is 12.3. The lowest BCUT2D eigenvalue weighted by Gasteiger charge is -2.16. The number of carbonyl (C=O) groups excluding carboxylic acids is 1. The predicted molar refractivity (Wildman–Crippen MR) is 133 cm³/mol. The van der Waals surface area contributed by atoms with Crippen LogP contribution in [0.2, 0.25) is 15.1 Å². The van der Waals surface area contributed by atoms with Gasteiger partial charge in [-0.25, -0.2) is 0 Å². The van der Waals surface area contributed by atoms with Gasteiger partial charge in [-0.3, -0.25) is 4.79 Å². The third kappa shape index (κ3) is 6.84. The number of hydrogen-bond acceptors (Lipinski definition) is 5. The molecular weight excluding hydrogens is 487 g/mol. The van der Waals surface area contributed by atoms with Crippen LogP contribution in [0.3, 0.4) is 0 Å². The van der Waals surface area contributed by atoms with Gasteiger partial charge in [0.05, 0.1) is 16.7 Å². The van der Waals surface area contributed by atoms with Gasteiger partial charge in [0.1, 0.15) is 0 Å². The van der Waals surface area contributed by atoms with E-state index in [1.165, 1.54) is 0 Å². The lowest BCUT2D eigenvalue weighted by molar-refractivity contribution is -0.118. The van der Waals surface area contributed by atoms with Gasteiger partial charge in [0.25, 0.3) is 5.91 Å². The molecule has 0 bridgehead atoms. The molecule has 3 N–H and O–H groups in total. The van der Waals surface area contributed by atoms with Crippen LogP contribution in [0.1, 0.15) is 18.1 Å². The van der Waals surface area contributed by atoms with Gasteiger partial charge in [-0.1, -0.05) is 52.5 Å². The van der Waals surface area contributed by atoms with Crippen molar-refractivity contribution in [1.82, 2.24) is 0 Å². The lowest BCUT2D eigenvalue weighted by atomic mass is 10.2. The normalized spacial score (nSPS) is 10.6.